The van der Waals surface area contributed by atoms with Gasteiger partial charge in [0.2, 0.25) is 10.0 Å². The Morgan fingerprint density at radius 1 is 1.19 bits per heavy atom. The van der Waals surface area contributed by atoms with Gasteiger partial charge in [0.1, 0.15) is 5.82 Å². The van der Waals surface area contributed by atoms with Gasteiger partial charge in [-0.1, -0.05) is 39.5 Å². The maximum Gasteiger partial charge on any atom is 0.240 e. The largest absolute Gasteiger partial charge is 0.396 e. The number of rotatable bonds is 9. The molecule has 0 heterocycles. The van der Waals surface area contributed by atoms with Crippen molar-refractivity contribution in [2.45, 2.75) is 50.8 Å². The summed E-state index contributed by atoms with van der Waals surface area (Å²) in [6, 6.07) is 3.51. The molecule has 0 saturated heterocycles. The Hall–Kier alpha value is -1.14. The van der Waals surface area contributed by atoms with E-state index in [4.69, 9.17) is 5.73 Å². The average Bonchev–Trinajstić information content (AvgIpc) is 2.40. The van der Waals surface area contributed by atoms with Crippen molar-refractivity contribution in [2.24, 2.45) is 5.92 Å². The van der Waals surface area contributed by atoms with Crippen LogP contribution in [0.4, 0.5) is 10.1 Å². The van der Waals surface area contributed by atoms with E-state index in [0.29, 0.717) is 12.5 Å². The molecular formula is C15H25FN2O2S. The molecule has 0 fully saturated rings. The normalized spacial score (nSPS) is 12.0. The van der Waals surface area contributed by atoms with Gasteiger partial charge in [-0.05, 0) is 30.5 Å². The second-order valence-electron chi connectivity index (χ2n) is 5.68. The van der Waals surface area contributed by atoms with Crippen molar-refractivity contribution in [1.82, 2.24) is 4.72 Å². The zero-order valence-corrected chi connectivity index (χ0v) is 13.5. The summed E-state index contributed by atoms with van der Waals surface area (Å²) in [5.74, 6) is -0.00419. The highest BCUT2D eigenvalue weighted by atomic mass is 32.2. The summed E-state index contributed by atoms with van der Waals surface area (Å²) in [4.78, 5) is -0.0889. The lowest BCUT2D eigenvalue weighted by Crippen LogP contribution is -2.25. The van der Waals surface area contributed by atoms with Crippen LogP contribution in [-0.4, -0.2) is 15.0 Å². The number of nitrogen functional groups attached to an aromatic ring is 1. The van der Waals surface area contributed by atoms with E-state index in [1.165, 1.54) is 25.0 Å². The first-order valence-electron chi connectivity index (χ1n) is 7.37. The summed E-state index contributed by atoms with van der Waals surface area (Å²) in [6.07, 6.45) is 5.26. The molecule has 0 radical (unpaired) electrons. The SMILES string of the molecule is CC(C)CCCCCCNS(=O)(=O)c1ccc(N)c(F)c1. The quantitative estimate of drug-likeness (QED) is 0.542. The fourth-order valence-electron chi connectivity index (χ4n) is 2.00. The number of anilines is 1. The number of nitrogens with one attached hydrogen (secondary N) is 1. The van der Waals surface area contributed by atoms with Crippen molar-refractivity contribution in [3.63, 3.8) is 0 Å². The first-order valence-corrected chi connectivity index (χ1v) is 8.86. The summed E-state index contributed by atoms with van der Waals surface area (Å²) in [6.45, 7) is 4.76. The molecule has 0 saturated carbocycles. The monoisotopic (exact) mass is 316 g/mol. The highest BCUT2D eigenvalue weighted by Crippen LogP contribution is 2.16. The minimum Gasteiger partial charge on any atom is -0.396 e. The van der Waals surface area contributed by atoms with Gasteiger partial charge < -0.3 is 5.73 Å². The third-order valence-corrected chi connectivity index (χ3v) is 4.74. The maximum atomic E-state index is 13.3. The van der Waals surface area contributed by atoms with Gasteiger partial charge in [0, 0.05) is 6.54 Å². The van der Waals surface area contributed by atoms with Crippen LogP contribution in [0.1, 0.15) is 46.0 Å². The Morgan fingerprint density at radius 3 is 2.48 bits per heavy atom. The van der Waals surface area contributed by atoms with Crippen molar-refractivity contribution < 1.29 is 12.8 Å². The van der Waals surface area contributed by atoms with Gasteiger partial charge in [0.25, 0.3) is 0 Å². The molecule has 3 N–H and O–H groups in total. The summed E-state index contributed by atoms with van der Waals surface area (Å²) in [5.41, 5.74) is 5.27. The van der Waals surface area contributed by atoms with Crippen LogP contribution in [0.2, 0.25) is 0 Å². The smallest absolute Gasteiger partial charge is 0.240 e. The molecule has 21 heavy (non-hydrogen) atoms. The fraction of sp³-hybridized carbons (Fsp3) is 0.600. The summed E-state index contributed by atoms with van der Waals surface area (Å²) in [5, 5.41) is 0. The molecule has 120 valence electrons. The number of hydrogen-bond donors (Lipinski definition) is 2. The van der Waals surface area contributed by atoms with E-state index in [1.54, 1.807) is 0 Å². The third-order valence-electron chi connectivity index (χ3n) is 3.28. The van der Waals surface area contributed by atoms with Crippen LogP contribution >= 0.6 is 0 Å². The number of halogens is 1. The van der Waals surface area contributed by atoms with Crippen LogP contribution in [-0.2, 0) is 10.0 Å². The number of benzene rings is 1. The minimum absolute atomic E-state index is 0.0564. The molecule has 0 unspecified atom stereocenters. The van der Waals surface area contributed by atoms with Gasteiger partial charge in [-0.2, -0.15) is 0 Å². The van der Waals surface area contributed by atoms with Gasteiger partial charge in [0.05, 0.1) is 10.6 Å². The average molecular weight is 316 g/mol. The van der Waals surface area contributed by atoms with E-state index in [-0.39, 0.29) is 10.6 Å². The zero-order valence-electron chi connectivity index (χ0n) is 12.7. The van der Waals surface area contributed by atoms with E-state index >= 15 is 0 Å². The van der Waals surface area contributed by atoms with Crippen LogP contribution in [0.5, 0.6) is 0 Å². The Bertz CT molecular complexity index is 545. The lowest BCUT2D eigenvalue weighted by atomic mass is 10.0. The molecule has 0 aromatic heterocycles. The molecular weight excluding hydrogens is 291 g/mol. The number of unbranched alkanes of at least 4 members (excludes halogenated alkanes) is 3. The lowest BCUT2D eigenvalue weighted by Gasteiger charge is -2.08. The first kappa shape index (κ1) is 17.9. The Balaban J connectivity index is 2.35. The predicted molar refractivity (Wildman–Crippen MR) is 83.9 cm³/mol. The molecule has 6 heteroatoms. The fourth-order valence-corrected chi connectivity index (χ4v) is 3.08. The molecule has 0 atom stereocenters. The highest BCUT2D eigenvalue weighted by Gasteiger charge is 2.14. The summed E-state index contributed by atoms with van der Waals surface area (Å²) >= 11 is 0. The molecule has 1 rings (SSSR count). The molecule has 1 aromatic rings. The summed E-state index contributed by atoms with van der Waals surface area (Å²) in [7, 11) is -3.65. The molecule has 0 aliphatic carbocycles. The Labute approximate surface area is 127 Å². The van der Waals surface area contributed by atoms with Gasteiger partial charge in [-0.15, -0.1) is 0 Å². The third kappa shape index (κ3) is 6.44. The van der Waals surface area contributed by atoms with Gasteiger partial charge >= 0.3 is 0 Å². The van der Waals surface area contributed by atoms with E-state index in [9.17, 15) is 12.8 Å². The second-order valence-corrected chi connectivity index (χ2v) is 7.44. The van der Waals surface area contributed by atoms with Gasteiger partial charge in [-0.3, -0.25) is 0 Å². The molecule has 0 aliphatic heterocycles. The van der Waals surface area contributed by atoms with Crippen LogP contribution in [0.25, 0.3) is 0 Å². The lowest BCUT2D eigenvalue weighted by molar-refractivity contribution is 0.517. The topological polar surface area (TPSA) is 72.2 Å². The Kier molecular flexibility index (Phi) is 7.11. The van der Waals surface area contributed by atoms with E-state index in [0.717, 1.165) is 25.3 Å². The van der Waals surface area contributed by atoms with Crippen LogP contribution in [0.15, 0.2) is 23.1 Å². The predicted octanol–water partition coefficient (Wildman–Crippen LogP) is 3.29. The summed E-state index contributed by atoms with van der Waals surface area (Å²) < 4.78 is 39.7. The Morgan fingerprint density at radius 2 is 1.86 bits per heavy atom. The molecule has 0 amide bonds. The molecule has 0 spiro atoms. The second kappa shape index (κ2) is 8.34. The molecule has 4 nitrogen and oxygen atoms in total. The van der Waals surface area contributed by atoms with Gasteiger partial charge in [-0.25, -0.2) is 17.5 Å². The number of hydrogen-bond acceptors (Lipinski definition) is 3. The first-order chi connectivity index (χ1) is 9.83. The minimum atomic E-state index is -3.65. The molecule has 1 aromatic carbocycles. The van der Waals surface area contributed by atoms with Crippen LogP contribution < -0.4 is 10.5 Å². The van der Waals surface area contributed by atoms with Crippen molar-refractivity contribution in [3.05, 3.63) is 24.0 Å². The van der Waals surface area contributed by atoms with E-state index in [2.05, 4.69) is 18.6 Å². The molecule has 0 bridgehead atoms. The number of nitrogens with two attached hydrogens (primary N) is 1. The van der Waals surface area contributed by atoms with E-state index in [1.807, 2.05) is 0 Å². The van der Waals surface area contributed by atoms with Crippen molar-refractivity contribution in [3.8, 4) is 0 Å². The zero-order chi connectivity index (χ0) is 15.9. The number of sulfonamides is 1. The van der Waals surface area contributed by atoms with Crippen LogP contribution in [0, 0.1) is 11.7 Å². The van der Waals surface area contributed by atoms with Crippen molar-refractivity contribution in [2.75, 3.05) is 12.3 Å². The van der Waals surface area contributed by atoms with Crippen molar-refractivity contribution >= 4 is 15.7 Å². The highest BCUT2D eigenvalue weighted by molar-refractivity contribution is 7.89. The van der Waals surface area contributed by atoms with Crippen LogP contribution in [0.3, 0.4) is 0 Å². The van der Waals surface area contributed by atoms with E-state index < -0.39 is 15.8 Å². The maximum absolute atomic E-state index is 13.3. The standard InChI is InChI=1S/C15H25FN2O2S/c1-12(2)7-5-3-4-6-10-18-21(19,20)13-8-9-15(17)14(16)11-13/h8-9,11-12,18H,3-7,10,17H2,1-2H3. The van der Waals surface area contributed by atoms with Gasteiger partial charge in [0.15, 0.2) is 0 Å². The van der Waals surface area contributed by atoms with Crippen molar-refractivity contribution in [1.29, 1.82) is 0 Å². The molecule has 0 aliphatic rings.